The first-order valence-corrected chi connectivity index (χ1v) is 6.41. The number of para-hydroxylation sites is 1. The molecule has 0 fully saturated rings. The number of benzene rings is 1. The number of hydrogen-bond acceptors (Lipinski definition) is 4. The molecule has 0 amide bonds. The zero-order chi connectivity index (χ0) is 14.4. The maximum atomic E-state index is 12.3. The van der Waals surface area contributed by atoms with Crippen molar-refractivity contribution in [2.24, 2.45) is 0 Å². The van der Waals surface area contributed by atoms with Crippen molar-refractivity contribution in [1.29, 1.82) is 0 Å². The summed E-state index contributed by atoms with van der Waals surface area (Å²) in [7, 11) is 0. The molecule has 108 valence electrons. The quantitative estimate of drug-likeness (QED) is 0.790. The summed E-state index contributed by atoms with van der Waals surface area (Å²) < 4.78 is 34.4. The van der Waals surface area contributed by atoms with E-state index in [9.17, 15) is 8.78 Å². The van der Waals surface area contributed by atoms with E-state index >= 15 is 0 Å². The van der Waals surface area contributed by atoms with Crippen LogP contribution in [-0.2, 0) is 6.54 Å². The van der Waals surface area contributed by atoms with Gasteiger partial charge in [-0.25, -0.2) is 0 Å². The third-order valence-corrected chi connectivity index (χ3v) is 2.66. The second-order valence-corrected chi connectivity index (χ2v) is 4.23. The lowest BCUT2D eigenvalue weighted by molar-refractivity contribution is -0.0495. The zero-order valence-corrected chi connectivity index (χ0v) is 11.1. The van der Waals surface area contributed by atoms with Gasteiger partial charge in [0, 0.05) is 12.6 Å². The van der Waals surface area contributed by atoms with Crippen LogP contribution in [0.4, 0.5) is 8.78 Å². The Kier molecular flexibility index (Phi) is 5.06. The summed E-state index contributed by atoms with van der Waals surface area (Å²) in [4.78, 5) is 0. The summed E-state index contributed by atoms with van der Waals surface area (Å²) in [5.41, 5.74) is 1.18. The maximum Gasteiger partial charge on any atom is 0.387 e. The van der Waals surface area contributed by atoms with Crippen molar-refractivity contribution in [3.8, 4) is 17.1 Å². The highest BCUT2D eigenvalue weighted by Gasteiger charge is 2.14. The number of halogens is 2. The predicted molar refractivity (Wildman–Crippen MR) is 70.6 cm³/mol. The molecule has 0 atom stereocenters. The first-order valence-electron chi connectivity index (χ1n) is 6.41. The molecule has 1 N–H and O–H groups in total. The van der Waals surface area contributed by atoms with E-state index in [-0.39, 0.29) is 5.75 Å². The fraction of sp³-hybridized carbons (Fsp3) is 0.357. The lowest BCUT2D eigenvalue weighted by Crippen LogP contribution is -2.13. The van der Waals surface area contributed by atoms with Crippen molar-refractivity contribution in [3.05, 3.63) is 36.0 Å². The Morgan fingerprint density at radius 3 is 2.90 bits per heavy atom. The minimum absolute atomic E-state index is 0.0757. The normalized spacial score (nSPS) is 11.0. The van der Waals surface area contributed by atoms with Crippen LogP contribution in [0.2, 0.25) is 0 Å². The van der Waals surface area contributed by atoms with Gasteiger partial charge in [0.05, 0.1) is 11.3 Å². The highest BCUT2D eigenvalue weighted by Crippen LogP contribution is 2.31. The largest absolute Gasteiger partial charge is 0.434 e. The molecule has 2 rings (SSSR count). The molecule has 1 heterocycles. The SMILES string of the molecule is CCCNCc1cc(-c2ccccc2OC(F)F)on1. The van der Waals surface area contributed by atoms with Gasteiger partial charge >= 0.3 is 6.61 Å². The lowest BCUT2D eigenvalue weighted by atomic mass is 10.1. The number of nitrogens with one attached hydrogen (secondary N) is 1. The Morgan fingerprint density at radius 1 is 1.35 bits per heavy atom. The van der Waals surface area contributed by atoms with Crippen LogP contribution >= 0.6 is 0 Å². The smallest absolute Gasteiger partial charge is 0.387 e. The molecule has 1 aromatic carbocycles. The second-order valence-electron chi connectivity index (χ2n) is 4.23. The van der Waals surface area contributed by atoms with E-state index in [4.69, 9.17) is 4.52 Å². The van der Waals surface area contributed by atoms with Gasteiger partial charge in [-0.15, -0.1) is 0 Å². The molecule has 0 radical (unpaired) electrons. The summed E-state index contributed by atoms with van der Waals surface area (Å²) in [6.07, 6.45) is 1.02. The van der Waals surface area contributed by atoms with Gasteiger partial charge in [0.15, 0.2) is 5.76 Å². The van der Waals surface area contributed by atoms with Gasteiger partial charge in [-0.1, -0.05) is 24.2 Å². The summed E-state index contributed by atoms with van der Waals surface area (Å²) in [5.74, 6) is 0.487. The standard InChI is InChI=1S/C14H16F2N2O2/c1-2-7-17-9-10-8-13(20-18-10)11-5-3-4-6-12(11)19-14(15)16/h3-6,8,14,17H,2,7,9H2,1H3. The van der Waals surface area contributed by atoms with Crippen LogP contribution in [0.15, 0.2) is 34.9 Å². The molecule has 0 unspecified atom stereocenters. The summed E-state index contributed by atoms with van der Waals surface area (Å²) in [6, 6.07) is 8.20. The molecule has 20 heavy (non-hydrogen) atoms. The van der Waals surface area contributed by atoms with Gasteiger partial charge in [-0.3, -0.25) is 0 Å². The summed E-state index contributed by atoms with van der Waals surface area (Å²) in [5, 5.41) is 7.09. The molecule has 0 aliphatic carbocycles. The van der Waals surface area contributed by atoms with Gasteiger partial charge in [0.25, 0.3) is 0 Å². The van der Waals surface area contributed by atoms with E-state index in [2.05, 4.69) is 22.1 Å². The molecular formula is C14H16F2N2O2. The van der Waals surface area contributed by atoms with Crippen LogP contribution in [0.3, 0.4) is 0 Å². The number of nitrogens with zero attached hydrogens (tertiary/aromatic N) is 1. The minimum Gasteiger partial charge on any atom is -0.434 e. The van der Waals surface area contributed by atoms with Crippen molar-refractivity contribution in [1.82, 2.24) is 10.5 Å². The number of hydrogen-bond donors (Lipinski definition) is 1. The Hall–Kier alpha value is -1.95. The molecule has 1 aromatic heterocycles. The molecule has 0 aliphatic heterocycles. The van der Waals surface area contributed by atoms with Crippen molar-refractivity contribution >= 4 is 0 Å². The zero-order valence-electron chi connectivity index (χ0n) is 11.1. The molecule has 0 saturated heterocycles. The molecule has 2 aromatic rings. The lowest BCUT2D eigenvalue weighted by Gasteiger charge is -2.07. The van der Waals surface area contributed by atoms with E-state index in [1.165, 1.54) is 6.07 Å². The third-order valence-electron chi connectivity index (χ3n) is 2.66. The van der Waals surface area contributed by atoms with Crippen molar-refractivity contribution in [2.75, 3.05) is 6.54 Å². The van der Waals surface area contributed by atoms with E-state index in [1.54, 1.807) is 24.3 Å². The van der Waals surface area contributed by atoms with Crippen molar-refractivity contribution < 1.29 is 18.0 Å². The average molecular weight is 282 g/mol. The molecule has 0 aliphatic rings. The molecule has 6 heteroatoms. The van der Waals surface area contributed by atoms with E-state index < -0.39 is 6.61 Å². The molecule has 0 saturated carbocycles. The molecular weight excluding hydrogens is 266 g/mol. The molecule has 0 bridgehead atoms. The van der Waals surface area contributed by atoms with Crippen LogP contribution < -0.4 is 10.1 Å². The number of alkyl halides is 2. The van der Waals surface area contributed by atoms with E-state index in [0.29, 0.717) is 17.9 Å². The van der Waals surface area contributed by atoms with Crippen LogP contribution in [0, 0.1) is 0 Å². The fourth-order valence-corrected chi connectivity index (χ4v) is 1.78. The number of ether oxygens (including phenoxy) is 1. The van der Waals surface area contributed by atoms with Gasteiger partial charge < -0.3 is 14.6 Å². The van der Waals surface area contributed by atoms with Crippen LogP contribution in [0.25, 0.3) is 11.3 Å². The van der Waals surface area contributed by atoms with Crippen molar-refractivity contribution in [3.63, 3.8) is 0 Å². The van der Waals surface area contributed by atoms with Gasteiger partial charge in [-0.2, -0.15) is 8.78 Å². The van der Waals surface area contributed by atoms with Crippen molar-refractivity contribution in [2.45, 2.75) is 26.5 Å². The Bertz CT molecular complexity index is 543. The summed E-state index contributed by atoms with van der Waals surface area (Å²) in [6.45, 7) is 0.659. The molecule has 4 nitrogen and oxygen atoms in total. The first kappa shape index (κ1) is 14.5. The second kappa shape index (κ2) is 7.00. The van der Waals surface area contributed by atoms with Gasteiger partial charge in [-0.05, 0) is 25.1 Å². The average Bonchev–Trinajstić information content (AvgIpc) is 2.88. The van der Waals surface area contributed by atoms with Crippen LogP contribution in [0.5, 0.6) is 5.75 Å². The fourth-order valence-electron chi connectivity index (χ4n) is 1.78. The minimum atomic E-state index is -2.87. The maximum absolute atomic E-state index is 12.3. The predicted octanol–water partition coefficient (Wildman–Crippen LogP) is 3.44. The monoisotopic (exact) mass is 282 g/mol. The van der Waals surface area contributed by atoms with Gasteiger partial charge in [0.2, 0.25) is 0 Å². The van der Waals surface area contributed by atoms with Gasteiger partial charge in [0.1, 0.15) is 5.75 Å². The van der Waals surface area contributed by atoms with Crippen LogP contribution in [-0.4, -0.2) is 18.3 Å². The van der Waals surface area contributed by atoms with Crippen LogP contribution in [0.1, 0.15) is 19.0 Å². The Balaban J connectivity index is 2.15. The topological polar surface area (TPSA) is 47.3 Å². The molecule has 0 spiro atoms. The first-order chi connectivity index (χ1) is 9.70. The van der Waals surface area contributed by atoms with E-state index in [0.717, 1.165) is 18.7 Å². The highest BCUT2D eigenvalue weighted by molar-refractivity contribution is 5.65. The third kappa shape index (κ3) is 3.77. The summed E-state index contributed by atoms with van der Waals surface area (Å²) >= 11 is 0. The Morgan fingerprint density at radius 2 is 2.15 bits per heavy atom. The Labute approximate surface area is 115 Å². The number of aromatic nitrogens is 1. The number of rotatable bonds is 7. The van der Waals surface area contributed by atoms with E-state index in [1.807, 2.05) is 0 Å². The highest BCUT2D eigenvalue weighted by atomic mass is 19.3.